The second-order valence-electron chi connectivity index (χ2n) is 6.66. The minimum absolute atomic E-state index is 0.0256. The van der Waals surface area contributed by atoms with E-state index in [-0.39, 0.29) is 11.9 Å². The lowest BCUT2D eigenvalue weighted by molar-refractivity contribution is -0.136. The van der Waals surface area contributed by atoms with Crippen LogP contribution in [-0.2, 0) is 9.59 Å². The highest BCUT2D eigenvalue weighted by atomic mass is 16.2. The van der Waals surface area contributed by atoms with Gasteiger partial charge in [-0.2, -0.15) is 0 Å². The van der Waals surface area contributed by atoms with E-state index in [9.17, 15) is 9.59 Å². The summed E-state index contributed by atoms with van der Waals surface area (Å²) in [5.41, 5.74) is 2.33. The summed E-state index contributed by atoms with van der Waals surface area (Å²) in [5, 5.41) is 0. The minimum atomic E-state index is 0.0256. The molecule has 1 fully saturated rings. The van der Waals surface area contributed by atoms with Crippen LogP contribution in [0.2, 0.25) is 0 Å². The summed E-state index contributed by atoms with van der Waals surface area (Å²) in [6.07, 6.45) is 0.856. The highest BCUT2D eigenvalue weighted by molar-refractivity contribution is 5.78. The van der Waals surface area contributed by atoms with E-state index in [1.807, 2.05) is 48.3 Å². The molecule has 2 amide bonds. The van der Waals surface area contributed by atoms with E-state index in [4.69, 9.17) is 0 Å². The third-order valence-corrected chi connectivity index (χ3v) is 4.87. The van der Waals surface area contributed by atoms with Crippen LogP contribution >= 0.6 is 0 Å². The van der Waals surface area contributed by atoms with Crippen LogP contribution in [0.5, 0.6) is 0 Å². The zero-order chi connectivity index (χ0) is 18.4. The molecule has 1 saturated heterocycles. The van der Waals surface area contributed by atoms with Gasteiger partial charge in [0.2, 0.25) is 12.3 Å². The van der Waals surface area contributed by atoms with Gasteiger partial charge in [0.25, 0.3) is 0 Å². The van der Waals surface area contributed by atoms with Crippen molar-refractivity contribution in [1.29, 1.82) is 0 Å². The van der Waals surface area contributed by atoms with Gasteiger partial charge in [-0.3, -0.25) is 14.5 Å². The molecule has 26 heavy (non-hydrogen) atoms. The normalized spacial score (nSPS) is 14.7. The van der Waals surface area contributed by atoms with Crippen molar-refractivity contribution < 1.29 is 9.59 Å². The Hall–Kier alpha value is -2.66. The number of hydrogen-bond acceptors (Lipinski definition) is 3. The van der Waals surface area contributed by atoms with E-state index in [0.29, 0.717) is 32.7 Å². The Morgan fingerprint density at radius 3 is 1.92 bits per heavy atom. The molecule has 2 aromatic rings. The molecule has 136 valence electrons. The van der Waals surface area contributed by atoms with Crippen molar-refractivity contribution >= 4 is 12.3 Å². The number of rotatable bonds is 6. The summed E-state index contributed by atoms with van der Waals surface area (Å²) in [7, 11) is 1.99. The van der Waals surface area contributed by atoms with Crippen LogP contribution < -0.4 is 0 Å². The van der Waals surface area contributed by atoms with Crippen molar-refractivity contribution in [2.24, 2.45) is 0 Å². The maximum Gasteiger partial charge on any atom is 0.236 e. The fourth-order valence-corrected chi connectivity index (χ4v) is 3.45. The lowest BCUT2D eigenvalue weighted by Crippen LogP contribution is -2.50. The molecule has 3 rings (SSSR count). The van der Waals surface area contributed by atoms with Crippen LogP contribution in [0.25, 0.3) is 0 Å². The Balaban J connectivity index is 1.73. The first-order valence-corrected chi connectivity index (χ1v) is 8.96. The van der Waals surface area contributed by atoms with Gasteiger partial charge in [0, 0.05) is 26.2 Å². The Bertz CT molecular complexity index is 673. The molecule has 0 radical (unpaired) electrons. The van der Waals surface area contributed by atoms with Crippen molar-refractivity contribution in [3.05, 3.63) is 71.8 Å². The number of carbonyl (C=O) groups excluding carboxylic acids is 2. The van der Waals surface area contributed by atoms with Crippen molar-refractivity contribution in [2.75, 3.05) is 39.8 Å². The molecule has 0 aromatic heterocycles. The average Bonchev–Trinajstić information content (AvgIpc) is 2.70. The van der Waals surface area contributed by atoms with E-state index >= 15 is 0 Å². The molecule has 1 aliphatic heterocycles. The third-order valence-electron chi connectivity index (χ3n) is 4.87. The lowest BCUT2D eigenvalue weighted by Gasteiger charge is -2.35. The topological polar surface area (TPSA) is 43.9 Å². The molecule has 0 spiro atoms. The fourth-order valence-electron chi connectivity index (χ4n) is 3.45. The lowest BCUT2D eigenvalue weighted by atomic mass is 9.97. The largest absolute Gasteiger partial charge is 0.342 e. The third kappa shape index (κ3) is 4.29. The van der Waals surface area contributed by atoms with E-state index in [0.717, 1.165) is 6.41 Å². The fraction of sp³-hybridized carbons (Fsp3) is 0.333. The molecule has 0 N–H and O–H groups in total. The van der Waals surface area contributed by atoms with Crippen LogP contribution in [0.3, 0.4) is 0 Å². The molecule has 0 saturated carbocycles. The summed E-state index contributed by atoms with van der Waals surface area (Å²) in [5.74, 6) is 0.106. The molecule has 5 heteroatoms. The SMILES string of the molecule is CN(CC(=O)N1CCN(C=O)CC1)C(c1ccccc1)c1ccccc1. The number of nitrogens with zero attached hydrogens (tertiary/aromatic N) is 3. The van der Waals surface area contributed by atoms with Crippen molar-refractivity contribution in [3.8, 4) is 0 Å². The van der Waals surface area contributed by atoms with Gasteiger partial charge in [0.05, 0.1) is 12.6 Å². The number of hydrogen-bond donors (Lipinski definition) is 0. The molecule has 5 nitrogen and oxygen atoms in total. The Kier molecular flexibility index (Phi) is 6.02. The van der Waals surface area contributed by atoms with E-state index in [1.165, 1.54) is 11.1 Å². The van der Waals surface area contributed by atoms with Crippen LogP contribution in [0, 0.1) is 0 Å². The predicted molar refractivity (Wildman–Crippen MR) is 102 cm³/mol. The molecule has 0 aliphatic carbocycles. The molecular formula is C21H25N3O2. The second-order valence-corrected chi connectivity index (χ2v) is 6.66. The van der Waals surface area contributed by atoms with E-state index in [1.54, 1.807) is 4.90 Å². The van der Waals surface area contributed by atoms with Crippen molar-refractivity contribution in [1.82, 2.24) is 14.7 Å². The second kappa shape index (κ2) is 8.63. The first kappa shape index (κ1) is 18.1. The maximum absolute atomic E-state index is 12.7. The number of piperazine rings is 1. The van der Waals surface area contributed by atoms with Gasteiger partial charge in [-0.15, -0.1) is 0 Å². The molecule has 0 atom stereocenters. The van der Waals surface area contributed by atoms with Gasteiger partial charge in [0.15, 0.2) is 0 Å². The maximum atomic E-state index is 12.7. The zero-order valence-electron chi connectivity index (χ0n) is 15.1. The van der Waals surface area contributed by atoms with Crippen LogP contribution in [0.15, 0.2) is 60.7 Å². The summed E-state index contributed by atoms with van der Waals surface area (Å²) >= 11 is 0. The average molecular weight is 351 g/mol. The number of likely N-dealkylation sites (N-methyl/N-ethyl adjacent to an activating group) is 1. The zero-order valence-corrected chi connectivity index (χ0v) is 15.1. The first-order valence-electron chi connectivity index (χ1n) is 8.96. The highest BCUT2D eigenvalue weighted by Gasteiger charge is 2.25. The van der Waals surface area contributed by atoms with Gasteiger partial charge < -0.3 is 9.80 Å². The molecular weight excluding hydrogens is 326 g/mol. The minimum Gasteiger partial charge on any atom is -0.342 e. The highest BCUT2D eigenvalue weighted by Crippen LogP contribution is 2.27. The van der Waals surface area contributed by atoms with Gasteiger partial charge in [0.1, 0.15) is 0 Å². The molecule has 0 unspecified atom stereocenters. The molecule has 1 heterocycles. The van der Waals surface area contributed by atoms with Crippen LogP contribution in [0.4, 0.5) is 0 Å². The van der Waals surface area contributed by atoms with Crippen molar-refractivity contribution in [3.63, 3.8) is 0 Å². The van der Waals surface area contributed by atoms with Gasteiger partial charge in [-0.25, -0.2) is 0 Å². The van der Waals surface area contributed by atoms with Gasteiger partial charge in [-0.1, -0.05) is 60.7 Å². The smallest absolute Gasteiger partial charge is 0.236 e. The molecule has 0 bridgehead atoms. The number of amides is 2. The van der Waals surface area contributed by atoms with Crippen LogP contribution in [-0.4, -0.2) is 66.8 Å². The van der Waals surface area contributed by atoms with Crippen LogP contribution in [0.1, 0.15) is 17.2 Å². The number of carbonyl (C=O) groups is 2. The summed E-state index contributed by atoms with van der Waals surface area (Å²) < 4.78 is 0. The monoisotopic (exact) mass is 351 g/mol. The Labute approximate surface area is 154 Å². The predicted octanol–water partition coefficient (Wildman–Crippen LogP) is 2.01. The number of benzene rings is 2. The van der Waals surface area contributed by atoms with Gasteiger partial charge >= 0.3 is 0 Å². The van der Waals surface area contributed by atoms with E-state index in [2.05, 4.69) is 29.2 Å². The van der Waals surface area contributed by atoms with Crippen molar-refractivity contribution in [2.45, 2.75) is 6.04 Å². The summed E-state index contributed by atoms with van der Waals surface area (Å²) in [4.78, 5) is 29.2. The Morgan fingerprint density at radius 2 is 1.46 bits per heavy atom. The first-order chi connectivity index (χ1) is 12.7. The Morgan fingerprint density at radius 1 is 0.962 bits per heavy atom. The van der Waals surface area contributed by atoms with Gasteiger partial charge in [-0.05, 0) is 18.2 Å². The summed E-state index contributed by atoms with van der Waals surface area (Å²) in [6, 6.07) is 20.5. The quantitative estimate of drug-likeness (QED) is 0.748. The molecule has 2 aromatic carbocycles. The standard InChI is InChI=1S/C21H25N3O2/c1-22(16-20(26)24-14-12-23(17-25)13-15-24)21(18-8-4-2-5-9-18)19-10-6-3-7-11-19/h2-11,17,21H,12-16H2,1H3. The van der Waals surface area contributed by atoms with E-state index < -0.39 is 0 Å². The summed E-state index contributed by atoms with van der Waals surface area (Å²) in [6.45, 7) is 2.77. The molecule has 1 aliphatic rings.